The van der Waals surface area contributed by atoms with E-state index >= 15 is 0 Å². The molecule has 0 radical (unpaired) electrons. The first-order valence-electron chi connectivity index (χ1n) is 6.08. The number of para-hydroxylation sites is 1. The van der Waals surface area contributed by atoms with Crippen molar-refractivity contribution in [2.45, 2.75) is 19.4 Å². The first-order valence-corrected chi connectivity index (χ1v) is 6.87. The summed E-state index contributed by atoms with van der Waals surface area (Å²) in [5.41, 5.74) is 1.20. The first kappa shape index (κ1) is 14.0. The van der Waals surface area contributed by atoms with Gasteiger partial charge in [0.05, 0.1) is 11.7 Å². The van der Waals surface area contributed by atoms with Gasteiger partial charge in [-0.3, -0.25) is 0 Å². The summed E-state index contributed by atoms with van der Waals surface area (Å²) >= 11 is 3.32. The molecule has 0 saturated carbocycles. The second kappa shape index (κ2) is 6.15. The van der Waals surface area contributed by atoms with E-state index in [0.29, 0.717) is 10.2 Å². The lowest BCUT2D eigenvalue weighted by Crippen LogP contribution is -2.11. The van der Waals surface area contributed by atoms with Gasteiger partial charge in [-0.25, -0.2) is 8.78 Å². The zero-order chi connectivity index (χ0) is 13.8. The van der Waals surface area contributed by atoms with E-state index in [1.807, 2.05) is 13.0 Å². The van der Waals surface area contributed by atoms with E-state index in [-0.39, 0.29) is 17.7 Å². The molecule has 2 rings (SSSR count). The molecule has 2 aromatic carbocycles. The van der Waals surface area contributed by atoms with Crippen LogP contribution in [0.15, 0.2) is 46.9 Å². The Labute approximate surface area is 119 Å². The number of benzene rings is 2. The monoisotopic (exact) mass is 325 g/mol. The summed E-state index contributed by atoms with van der Waals surface area (Å²) in [5, 5.41) is 3.12. The van der Waals surface area contributed by atoms with Gasteiger partial charge < -0.3 is 5.32 Å². The number of nitrogens with one attached hydrogen (secondary N) is 1. The maximum Gasteiger partial charge on any atom is 0.147 e. The van der Waals surface area contributed by atoms with Crippen molar-refractivity contribution in [1.29, 1.82) is 0 Å². The van der Waals surface area contributed by atoms with Crippen molar-refractivity contribution in [3.05, 3.63) is 64.1 Å². The fraction of sp³-hybridized carbons (Fsp3) is 0.200. The molecule has 0 heterocycles. The maximum absolute atomic E-state index is 13.8. The predicted octanol–water partition coefficient (Wildman–Crippen LogP) is 5.29. The van der Waals surface area contributed by atoms with E-state index in [0.717, 1.165) is 12.0 Å². The van der Waals surface area contributed by atoms with Gasteiger partial charge in [0.25, 0.3) is 0 Å². The molecule has 19 heavy (non-hydrogen) atoms. The molecule has 0 saturated heterocycles. The van der Waals surface area contributed by atoms with Crippen molar-refractivity contribution in [2.75, 3.05) is 5.32 Å². The van der Waals surface area contributed by atoms with Crippen molar-refractivity contribution >= 4 is 21.6 Å². The number of anilines is 1. The number of hydrogen-bond donors (Lipinski definition) is 1. The highest BCUT2D eigenvalue weighted by Gasteiger charge is 2.14. The van der Waals surface area contributed by atoms with E-state index in [1.165, 1.54) is 18.2 Å². The van der Waals surface area contributed by atoms with Gasteiger partial charge in [-0.05, 0) is 52.2 Å². The fourth-order valence-electron chi connectivity index (χ4n) is 1.95. The molecule has 0 aliphatic carbocycles. The molecule has 0 aliphatic rings. The van der Waals surface area contributed by atoms with E-state index in [9.17, 15) is 8.78 Å². The van der Waals surface area contributed by atoms with E-state index in [1.54, 1.807) is 18.2 Å². The van der Waals surface area contributed by atoms with E-state index in [4.69, 9.17) is 0 Å². The number of halogens is 3. The van der Waals surface area contributed by atoms with Gasteiger partial charge in [0.15, 0.2) is 0 Å². The molecule has 1 nitrogen and oxygen atoms in total. The van der Waals surface area contributed by atoms with Crippen LogP contribution in [0, 0.1) is 11.6 Å². The predicted molar refractivity (Wildman–Crippen MR) is 77.2 cm³/mol. The van der Waals surface area contributed by atoms with Gasteiger partial charge in [0.1, 0.15) is 11.6 Å². The molecule has 100 valence electrons. The Morgan fingerprint density at radius 1 is 1.16 bits per heavy atom. The fourth-order valence-corrected chi connectivity index (χ4v) is 2.41. The minimum absolute atomic E-state index is 0.135. The van der Waals surface area contributed by atoms with Crippen molar-refractivity contribution in [3.8, 4) is 0 Å². The quantitative estimate of drug-likeness (QED) is 0.805. The van der Waals surface area contributed by atoms with Gasteiger partial charge in [-0.2, -0.15) is 0 Å². The summed E-state index contributed by atoms with van der Waals surface area (Å²) in [6.07, 6.45) is 0.726. The molecular weight excluding hydrogens is 312 g/mol. The highest BCUT2D eigenvalue weighted by Crippen LogP contribution is 2.30. The smallest absolute Gasteiger partial charge is 0.147 e. The van der Waals surface area contributed by atoms with Crippen LogP contribution in [0.5, 0.6) is 0 Å². The van der Waals surface area contributed by atoms with Crippen LogP contribution in [0.2, 0.25) is 0 Å². The third-order valence-corrected chi connectivity index (χ3v) is 3.60. The molecular formula is C15H14BrF2N. The molecule has 0 spiro atoms. The van der Waals surface area contributed by atoms with Crippen LogP contribution in [0.1, 0.15) is 24.9 Å². The summed E-state index contributed by atoms with van der Waals surface area (Å²) < 4.78 is 27.7. The lowest BCUT2D eigenvalue weighted by atomic mass is 10.0. The Bertz CT molecular complexity index is 552. The Balaban J connectivity index is 2.29. The highest BCUT2D eigenvalue weighted by atomic mass is 79.9. The number of hydrogen-bond acceptors (Lipinski definition) is 1. The second-order valence-electron chi connectivity index (χ2n) is 4.26. The maximum atomic E-state index is 13.8. The summed E-state index contributed by atoms with van der Waals surface area (Å²) in [5.74, 6) is -0.616. The van der Waals surface area contributed by atoms with Crippen molar-refractivity contribution in [1.82, 2.24) is 0 Å². The minimum Gasteiger partial charge on any atom is -0.375 e. The molecule has 2 aromatic rings. The molecule has 1 N–H and O–H groups in total. The van der Waals surface area contributed by atoms with Crippen molar-refractivity contribution < 1.29 is 8.78 Å². The molecule has 0 aromatic heterocycles. The van der Waals surface area contributed by atoms with Gasteiger partial charge in [-0.15, -0.1) is 0 Å². The molecule has 1 unspecified atom stereocenters. The SMILES string of the molecule is CCC(Nc1c(F)cccc1Br)c1cccc(F)c1. The Morgan fingerprint density at radius 2 is 1.89 bits per heavy atom. The zero-order valence-electron chi connectivity index (χ0n) is 10.5. The van der Waals surface area contributed by atoms with Crippen LogP contribution >= 0.6 is 15.9 Å². The molecule has 0 amide bonds. The topological polar surface area (TPSA) is 12.0 Å². The highest BCUT2D eigenvalue weighted by molar-refractivity contribution is 9.10. The Morgan fingerprint density at radius 3 is 2.53 bits per heavy atom. The summed E-state index contributed by atoms with van der Waals surface area (Å²) in [6, 6.07) is 11.0. The molecule has 4 heteroatoms. The zero-order valence-corrected chi connectivity index (χ0v) is 12.0. The van der Waals surface area contributed by atoms with Crippen LogP contribution in [-0.4, -0.2) is 0 Å². The number of rotatable bonds is 4. The average molecular weight is 326 g/mol. The van der Waals surface area contributed by atoms with Crippen LogP contribution < -0.4 is 5.32 Å². The van der Waals surface area contributed by atoms with E-state index in [2.05, 4.69) is 21.2 Å². The van der Waals surface area contributed by atoms with Gasteiger partial charge in [0.2, 0.25) is 0 Å². The average Bonchev–Trinajstić information content (AvgIpc) is 2.38. The van der Waals surface area contributed by atoms with Crippen LogP contribution in [0.4, 0.5) is 14.5 Å². The first-order chi connectivity index (χ1) is 9.11. The third kappa shape index (κ3) is 3.32. The molecule has 0 fully saturated rings. The van der Waals surface area contributed by atoms with Gasteiger partial charge >= 0.3 is 0 Å². The largest absolute Gasteiger partial charge is 0.375 e. The van der Waals surface area contributed by atoms with Crippen LogP contribution in [0.25, 0.3) is 0 Å². The summed E-state index contributed by atoms with van der Waals surface area (Å²) in [7, 11) is 0. The van der Waals surface area contributed by atoms with Crippen LogP contribution in [-0.2, 0) is 0 Å². The van der Waals surface area contributed by atoms with Gasteiger partial charge in [-0.1, -0.05) is 25.1 Å². The van der Waals surface area contributed by atoms with Gasteiger partial charge in [0, 0.05) is 4.47 Å². The lowest BCUT2D eigenvalue weighted by molar-refractivity contribution is 0.615. The minimum atomic E-state index is -0.329. The molecule has 0 aliphatic heterocycles. The summed E-state index contributed by atoms with van der Waals surface area (Å²) in [4.78, 5) is 0. The second-order valence-corrected chi connectivity index (χ2v) is 5.11. The van der Waals surface area contributed by atoms with Crippen molar-refractivity contribution in [3.63, 3.8) is 0 Å². The molecule has 0 bridgehead atoms. The van der Waals surface area contributed by atoms with Crippen molar-refractivity contribution in [2.24, 2.45) is 0 Å². The van der Waals surface area contributed by atoms with E-state index < -0.39 is 0 Å². The van der Waals surface area contributed by atoms with Crippen LogP contribution in [0.3, 0.4) is 0 Å². The normalized spacial score (nSPS) is 12.2. The molecule has 1 atom stereocenters. The Hall–Kier alpha value is -1.42. The standard InChI is InChI=1S/C15H14BrF2N/c1-2-14(10-5-3-6-11(17)9-10)19-15-12(16)7-4-8-13(15)18/h3-9,14,19H,2H2,1H3. The lowest BCUT2D eigenvalue weighted by Gasteiger charge is -2.20. The third-order valence-electron chi connectivity index (χ3n) is 2.94. The Kier molecular flexibility index (Phi) is 4.53. The summed E-state index contributed by atoms with van der Waals surface area (Å²) in [6.45, 7) is 1.97.